The number of nitrogens with one attached hydrogen (secondary N) is 1. The molecule has 110 valence electrons. The average Bonchev–Trinajstić information content (AvgIpc) is 3.19. The number of benzene rings is 1. The molecule has 0 aromatic heterocycles. The van der Waals surface area contributed by atoms with Gasteiger partial charge in [0.1, 0.15) is 0 Å². The lowest BCUT2D eigenvalue weighted by Gasteiger charge is -2.20. The van der Waals surface area contributed by atoms with Gasteiger partial charge in [0.2, 0.25) is 10.0 Å². The highest BCUT2D eigenvalue weighted by Gasteiger charge is 2.42. The van der Waals surface area contributed by atoms with E-state index in [0.29, 0.717) is 24.5 Å². The molecule has 1 saturated heterocycles. The Morgan fingerprint density at radius 2 is 2.00 bits per heavy atom. The molecular weight excluding hydrogens is 278 g/mol. The molecule has 1 aromatic rings. The van der Waals surface area contributed by atoms with Crippen LogP contribution in [0.25, 0.3) is 0 Å². The Kier molecular flexibility index (Phi) is 3.81. The molecule has 3 rings (SSSR count). The average molecular weight is 297 g/mol. The molecule has 1 aliphatic carbocycles. The van der Waals surface area contributed by atoms with Crippen LogP contribution in [0.3, 0.4) is 0 Å². The molecule has 2 N–H and O–H groups in total. The van der Waals surface area contributed by atoms with Crippen molar-refractivity contribution in [2.75, 3.05) is 6.61 Å². The fraction of sp³-hybridized carbons (Fsp3) is 0.571. The SMILES string of the molecule is O=S(=O)(NC1CCOC1C1CC1)c1ccccc1CO. The molecule has 5 nitrogen and oxygen atoms in total. The van der Waals surface area contributed by atoms with Crippen molar-refractivity contribution in [2.24, 2.45) is 5.92 Å². The third kappa shape index (κ3) is 2.74. The Bertz CT molecular complexity index is 583. The maximum absolute atomic E-state index is 12.5. The van der Waals surface area contributed by atoms with Crippen molar-refractivity contribution in [3.8, 4) is 0 Å². The highest BCUT2D eigenvalue weighted by Crippen LogP contribution is 2.39. The quantitative estimate of drug-likeness (QED) is 0.851. The van der Waals surface area contributed by atoms with Crippen molar-refractivity contribution in [3.63, 3.8) is 0 Å². The van der Waals surface area contributed by atoms with Crippen LogP contribution in [-0.2, 0) is 21.4 Å². The summed E-state index contributed by atoms with van der Waals surface area (Å²) in [6.45, 7) is 0.320. The van der Waals surface area contributed by atoms with E-state index < -0.39 is 10.0 Å². The molecule has 2 atom stereocenters. The third-order valence-corrected chi connectivity index (χ3v) is 5.55. The Morgan fingerprint density at radius 1 is 1.25 bits per heavy atom. The summed E-state index contributed by atoms with van der Waals surface area (Å²) in [4.78, 5) is 0.156. The van der Waals surface area contributed by atoms with E-state index in [1.54, 1.807) is 18.2 Å². The van der Waals surface area contributed by atoms with Crippen molar-refractivity contribution < 1.29 is 18.3 Å². The molecular formula is C14H19NO4S. The van der Waals surface area contributed by atoms with E-state index in [1.807, 2.05) is 0 Å². The summed E-state index contributed by atoms with van der Waals surface area (Å²) in [6.07, 6.45) is 2.96. The van der Waals surface area contributed by atoms with Crippen molar-refractivity contribution in [2.45, 2.75) is 42.9 Å². The lowest BCUT2D eigenvalue weighted by atomic mass is 10.1. The van der Waals surface area contributed by atoms with Crippen molar-refractivity contribution in [1.82, 2.24) is 4.72 Å². The number of aliphatic hydroxyl groups is 1. The Labute approximate surface area is 119 Å². The number of ether oxygens (including phenoxy) is 1. The van der Waals surface area contributed by atoms with E-state index in [2.05, 4.69) is 4.72 Å². The van der Waals surface area contributed by atoms with Crippen LogP contribution in [0.2, 0.25) is 0 Å². The van der Waals surface area contributed by atoms with Crippen LogP contribution in [0, 0.1) is 5.92 Å². The fourth-order valence-electron chi connectivity index (χ4n) is 2.79. The molecule has 6 heteroatoms. The third-order valence-electron chi connectivity index (χ3n) is 3.96. The molecule has 20 heavy (non-hydrogen) atoms. The van der Waals surface area contributed by atoms with Crippen LogP contribution in [0.4, 0.5) is 0 Å². The first-order valence-corrected chi connectivity index (χ1v) is 8.43. The zero-order chi connectivity index (χ0) is 14.2. The van der Waals surface area contributed by atoms with Crippen LogP contribution < -0.4 is 4.72 Å². The Hall–Kier alpha value is -0.950. The fourth-order valence-corrected chi connectivity index (χ4v) is 4.30. The second-order valence-corrected chi connectivity index (χ2v) is 7.14. The Morgan fingerprint density at radius 3 is 2.70 bits per heavy atom. The maximum atomic E-state index is 12.5. The summed E-state index contributed by atoms with van der Waals surface area (Å²) in [5, 5.41) is 9.28. The largest absolute Gasteiger partial charge is 0.392 e. The zero-order valence-corrected chi connectivity index (χ0v) is 12.0. The molecule has 0 spiro atoms. The van der Waals surface area contributed by atoms with Gasteiger partial charge in [-0.1, -0.05) is 18.2 Å². The molecule has 0 amide bonds. The number of hydrogen-bond donors (Lipinski definition) is 2. The summed E-state index contributed by atoms with van der Waals surface area (Å²) >= 11 is 0. The molecule has 1 aromatic carbocycles. The number of rotatable bonds is 5. The molecule has 2 unspecified atom stereocenters. The molecule has 1 saturated carbocycles. The highest BCUT2D eigenvalue weighted by atomic mass is 32.2. The van der Waals surface area contributed by atoms with Gasteiger partial charge >= 0.3 is 0 Å². The highest BCUT2D eigenvalue weighted by molar-refractivity contribution is 7.89. The topological polar surface area (TPSA) is 75.6 Å². The first kappa shape index (κ1) is 14.0. The van der Waals surface area contributed by atoms with Gasteiger partial charge in [-0.05, 0) is 36.8 Å². The molecule has 1 aliphatic heterocycles. The summed E-state index contributed by atoms with van der Waals surface area (Å²) < 4.78 is 33.4. The number of aliphatic hydroxyl groups excluding tert-OH is 1. The van der Waals surface area contributed by atoms with Crippen LogP contribution in [0.5, 0.6) is 0 Å². The van der Waals surface area contributed by atoms with Crippen LogP contribution in [0.15, 0.2) is 29.2 Å². The minimum absolute atomic E-state index is 0.00561. The van der Waals surface area contributed by atoms with E-state index in [0.717, 1.165) is 12.8 Å². The van der Waals surface area contributed by atoms with E-state index in [4.69, 9.17) is 4.74 Å². The van der Waals surface area contributed by atoms with Crippen LogP contribution >= 0.6 is 0 Å². The van der Waals surface area contributed by atoms with Crippen molar-refractivity contribution in [1.29, 1.82) is 0 Å². The number of hydrogen-bond acceptors (Lipinski definition) is 4. The molecule has 1 heterocycles. The van der Waals surface area contributed by atoms with Gasteiger partial charge in [0, 0.05) is 6.61 Å². The van der Waals surface area contributed by atoms with E-state index >= 15 is 0 Å². The molecule has 0 bridgehead atoms. The summed E-state index contributed by atoms with van der Waals surface area (Å²) in [7, 11) is -3.62. The lowest BCUT2D eigenvalue weighted by molar-refractivity contribution is 0.0848. The predicted octanol–water partition coefficient (Wildman–Crippen LogP) is 1.02. The van der Waals surface area contributed by atoms with Gasteiger partial charge in [-0.3, -0.25) is 0 Å². The van der Waals surface area contributed by atoms with E-state index in [9.17, 15) is 13.5 Å². The number of sulfonamides is 1. The summed E-state index contributed by atoms with van der Waals surface area (Å²) in [6, 6.07) is 6.38. The van der Waals surface area contributed by atoms with Crippen LogP contribution in [0.1, 0.15) is 24.8 Å². The van der Waals surface area contributed by atoms with Crippen molar-refractivity contribution in [3.05, 3.63) is 29.8 Å². The Balaban J connectivity index is 1.81. The standard InChI is InChI=1S/C14H19NO4S/c16-9-11-3-1-2-4-13(11)20(17,18)15-12-7-8-19-14(12)10-5-6-10/h1-4,10,12,14-16H,5-9H2. The van der Waals surface area contributed by atoms with Gasteiger partial charge in [-0.25, -0.2) is 13.1 Å². The van der Waals surface area contributed by atoms with Crippen molar-refractivity contribution >= 4 is 10.0 Å². The minimum atomic E-state index is -3.62. The molecule has 2 aliphatic rings. The van der Waals surface area contributed by atoms with Gasteiger partial charge < -0.3 is 9.84 Å². The first-order valence-electron chi connectivity index (χ1n) is 6.94. The molecule has 0 radical (unpaired) electrons. The molecule has 2 fully saturated rings. The normalized spacial score (nSPS) is 26.9. The predicted molar refractivity (Wildman–Crippen MR) is 73.6 cm³/mol. The summed E-state index contributed by atoms with van der Waals surface area (Å²) in [5.41, 5.74) is 0.418. The van der Waals surface area contributed by atoms with Crippen LogP contribution in [-0.4, -0.2) is 32.3 Å². The smallest absolute Gasteiger partial charge is 0.241 e. The summed E-state index contributed by atoms with van der Waals surface area (Å²) in [5.74, 6) is 0.498. The zero-order valence-electron chi connectivity index (χ0n) is 11.2. The van der Waals surface area contributed by atoms with Gasteiger partial charge in [-0.2, -0.15) is 0 Å². The van der Waals surface area contributed by atoms with E-state index in [1.165, 1.54) is 6.07 Å². The van der Waals surface area contributed by atoms with Gasteiger partial charge in [0.25, 0.3) is 0 Å². The maximum Gasteiger partial charge on any atom is 0.241 e. The van der Waals surface area contributed by atoms with Gasteiger partial charge in [-0.15, -0.1) is 0 Å². The lowest BCUT2D eigenvalue weighted by Crippen LogP contribution is -2.41. The second-order valence-electron chi connectivity index (χ2n) is 5.46. The van der Waals surface area contributed by atoms with Gasteiger partial charge in [0.15, 0.2) is 0 Å². The first-order chi connectivity index (χ1) is 9.62. The minimum Gasteiger partial charge on any atom is -0.392 e. The van der Waals surface area contributed by atoms with E-state index in [-0.39, 0.29) is 23.6 Å². The second kappa shape index (κ2) is 5.44. The van der Waals surface area contributed by atoms with Gasteiger partial charge in [0.05, 0.1) is 23.6 Å². The monoisotopic (exact) mass is 297 g/mol.